The van der Waals surface area contributed by atoms with Gasteiger partial charge in [0.15, 0.2) is 0 Å². The summed E-state index contributed by atoms with van der Waals surface area (Å²) < 4.78 is 0. The van der Waals surface area contributed by atoms with Gasteiger partial charge in [0.1, 0.15) is 0 Å². The van der Waals surface area contributed by atoms with E-state index in [9.17, 15) is 9.59 Å². The third-order valence-electron chi connectivity index (χ3n) is 5.42. The predicted octanol–water partition coefficient (Wildman–Crippen LogP) is 2.50. The number of carboxylic acids is 1. The van der Waals surface area contributed by atoms with Crippen LogP contribution in [0.4, 0.5) is 5.69 Å². The highest BCUT2D eigenvalue weighted by molar-refractivity contribution is 5.95. The van der Waals surface area contributed by atoms with Crippen LogP contribution in [0.2, 0.25) is 0 Å². The van der Waals surface area contributed by atoms with E-state index >= 15 is 0 Å². The first-order chi connectivity index (χ1) is 12.3. The van der Waals surface area contributed by atoms with E-state index in [1.165, 1.54) is 0 Å². The molecule has 1 heterocycles. The summed E-state index contributed by atoms with van der Waals surface area (Å²) >= 11 is 0. The van der Waals surface area contributed by atoms with Crippen molar-refractivity contribution in [2.75, 3.05) is 31.5 Å². The summed E-state index contributed by atoms with van der Waals surface area (Å²) in [5, 5.41) is 12.1. The Morgan fingerprint density at radius 2 is 1.85 bits per heavy atom. The summed E-state index contributed by atoms with van der Waals surface area (Å²) in [6, 6.07) is 6.07. The molecule has 144 valence electrons. The summed E-state index contributed by atoms with van der Waals surface area (Å²) in [5.41, 5.74) is 3.03. The van der Waals surface area contributed by atoms with Crippen LogP contribution in [0.5, 0.6) is 0 Å². The van der Waals surface area contributed by atoms with Gasteiger partial charge in [-0.25, -0.2) is 0 Å². The van der Waals surface area contributed by atoms with Crippen molar-refractivity contribution in [3.8, 4) is 0 Å². The second kappa shape index (κ2) is 9.14. The SMILES string of the molecule is CCN(CC(=O)O)C1CCN(C(C)C(=O)Nc2c(C)cccc2C)CC1. The molecule has 1 atom stereocenters. The van der Waals surface area contributed by atoms with Crippen LogP contribution in [0, 0.1) is 13.8 Å². The van der Waals surface area contributed by atoms with E-state index in [1.54, 1.807) is 0 Å². The maximum absolute atomic E-state index is 12.7. The van der Waals surface area contributed by atoms with Crippen LogP contribution in [-0.4, -0.2) is 65.0 Å². The lowest BCUT2D eigenvalue weighted by Crippen LogP contribution is -2.51. The minimum Gasteiger partial charge on any atom is -0.480 e. The molecule has 1 aliphatic rings. The van der Waals surface area contributed by atoms with Gasteiger partial charge in [-0.1, -0.05) is 25.1 Å². The molecule has 1 saturated heterocycles. The number of likely N-dealkylation sites (tertiary alicyclic amines) is 1. The Labute approximate surface area is 156 Å². The molecule has 0 saturated carbocycles. The van der Waals surface area contributed by atoms with E-state index in [2.05, 4.69) is 10.2 Å². The number of aliphatic carboxylic acids is 1. The normalized spacial score (nSPS) is 17.3. The van der Waals surface area contributed by atoms with Gasteiger partial charge >= 0.3 is 5.97 Å². The molecule has 6 heteroatoms. The highest BCUT2D eigenvalue weighted by Crippen LogP contribution is 2.22. The monoisotopic (exact) mass is 361 g/mol. The van der Waals surface area contributed by atoms with Crippen LogP contribution >= 0.6 is 0 Å². The van der Waals surface area contributed by atoms with Gasteiger partial charge in [-0.2, -0.15) is 0 Å². The fraction of sp³-hybridized carbons (Fsp3) is 0.600. The molecule has 6 nitrogen and oxygen atoms in total. The second-order valence-corrected chi connectivity index (χ2v) is 7.16. The molecule has 1 amide bonds. The molecular weight excluding hydrogens is 330 g/mol. The van der Waals surface area contributed by atoms with Crippen LogP contribution in [-0.2, 0) is 9.59 Å². The Bertz CT molecular complexity index is 619. The minimum atomic E-state index is -0.782. The molecule has 0 radical (unpaired) electrons. The number of hydrogen-bond acceptors (Lipinski definition) is 4. The Hall–Kier alpha value is -1.92. The first kappa shape index (κ1) is 20.4. The van der Waals surface area contributed by atoms with Crippen molar-refractivity contribution in [2.45, 2.75) is 52.6 Å². The zero-order valence-electron chi connectivity index (χ0n) is 16.3. The number of anilines is 1. The highest BCUT2D eigenvalue weighted by atomic mass is 16.4. The van der Waals surface area contributed by atoms with Crippen LogP contribution in [0.1, 0.15) is 37.8 Å². The summed E-state index contributed by atoms with van der Waals surface area (Å²) in [6.45, 7) is 10.4. The maximum Gasteiger partial charge on any atom is 0.317 e. The number of carbonyl (C=O) groups excluding carboxylic acids is 1. The molecular formula is C20H31N3O3. The van der Waals surface area contributed by atoms with E-state index in [0.29, 0.717) is 0 Å². The van der Waals surface area contributed by atoms with Crippen LogP contribution in [0.25, 0.3) is 0 Å². The van der Waals surface area contributed by atoms with E-state index in [4.69, 9.17) is 5.11 Å². The number of amides is 1. The van der Waals surface area contributed by atoms with Gasteiger partial charge < -0.3 is 10.4 Å². The summed E-state index contributed by atoms with van der Waals surface area (Å²) in [6.07, 6.45) is 1.78. The van der Waals surface area contributed by atoms with Gasteiger partial charge in [-0.05, 0) is 51.3 Å². The Kier molecular flexibility index (Phi) is 7.17. The minimum absolute atomic E-state index is 0.0127. The van der Waals surface area contributed by atoms with E-state index < -0.39 is 5.97 Å². The van der Waals surface area contributed by atoms with E-state index in [1.807, 2.05) is 50.8 Å². The molecule has 1 aromatic carbocycles. The highest BCUT2D eigenvalue weighted by Gasteiger charge is 2.29. The van der Waals surface area contributed by atoms with Gasteiger partial charge in [-0.15, -0.1) is 0 Å². The molecule has 0 aromatic heterocycles. The zero-order valence-corrected chi connectivity index (χ0v) is 16.3. The molecule has 0 bridgehead atoms. The van der Waals surface area contributed by atoms with Crippen molar-refractivity contribution < 1.29 is 14.7 Å². The third-order valence-corrected chi connectivity index (χ3v) is 5.42. The van der Waals surface area contributed by atoms with Crippen LogP contribution in [0.3, 0.4) is 0 Å². The molecule has 2 N–H and O–H groups in total. The van der Waals surface area contributed by atoms with Crippen LogP contribution < -0.4 is 5.32 Å². The molecule has 1 fully saturated rings. The first-order valence-corrected chi connectivity index (χ1v) is 9.40. The summed E-state index contributed by atoms with van der Waals surface area (Å²) in [7, 11) is 0. The average Bonchev–Trinajstić information content (AvgIpc) is 2.62. The first-order valence-electron chi connectivity index (χ1n) is 9.40. The smallest absolute Gasteiger partial charge is 0.317 e. The van der Waals surface area contributed by atoms with E-state index in [-0.39, 0.29) is 24.5 Å². The fourth-order valence-corrected chi connectivity index (χ4v) is 3.72. The lowest BCUT2D eigenvalue weighted by Gasteiger charge is -2.39. The third kappa shape index (κ3) is 5.05. The summed E-state index contributed by atoms with van der Waals surface area (Å²) in [4.78, 5) is 27.9. The van der Waals surface area contributed by atoms with Crippen molar-refractivity contribution in [2.24, 2.45) is 0 Å². The van der Waals surface area contributed by atoms with Crippen molar-refractivity contribution >= 4 is 17.6 Å². The van der Waals surface area contributed by atoms with Crippen molar-refractivity contribution in [3.63, 3.8) is 0 Å². The van der Waals surface area contributed by atoms with Gasteiger partial charge in [0.25, 0.3) is 0 Å². The predicted molar refractivity (Wildman–Crippen MR) is 103 cm³/mol. The number of benzene rings is 1. The number of rotatable bonds is 7. The van der Waals surface area contributed by atoms with Gasteiger partial charge in [0.2, 0.25) is 5.91 Å². The molecule has 0 spiro atoms. The lowest BCUT2D eigenvalue weighted by molar-refractivity contribution is -0.139. The van der Waals surface area contributed by atoms with Gasteiger partial charge in [-0.3, -0.25) is 19.4 Å². The number of nitrogens with one attached hydrogen (secondary N) is 1. The number of para-hydroxylation sites is 1. The molecule has 1 aromatic rings. The average molecular weight is 361 g/mol. The zero-order chi connectivity index (χ0) is 19.3. The standard InChI is InChI=1S/C20H31N3O3/c1-5-22(13-18(24)25)17-9-11-23(12-10-17)16(4)20(26)21-19-14(2)7-6-8-15(19)3/h6-8,16-17H,5,9-13H2,1-4H3,(H,21,26)(H,24,25). The second-order valence-electron chi connectivity index (χ2n) is 7.16. The largest absolute Gasteiger partial charge is 0.480 e. The fourth-order valence-electron chi connectivity index (χ4n) is 3.72. The van der Waals surface area contributed by atoms with Crippen molar-refractivity contribution in [1.82, 2.24) is 9.80 Å². The van der Waals surface area contributed by atoms with Crippen LogP contribution in [0.15, 0.2) is 18.2 Å². The maximum atomic E-state index is 12.7. The van der Waals surface area contributed by atoms with Gasteiger partial charge in [0.05, 0.1) is 12.6 Å². The van der Waals surface area contributed by atoms with Gasteiger partial charge in [0, 0.05) is 24.8 Å². The van der Waals surface area contributed by atoms with Crippen molar-refractivity contribution in [3.05, 3.63) is 29.3 Å². The Balaban J connectivity index is 1.92. The number of hydrogen-bond donors (Lipinski definition) is 2. The van der Waals surface area contributed by atoms with E-state index in [0.717, 1.165) is 49.3 Å². The lowest BCUT2D eigenvalue weighted by atomic mass is 10.0. The summed E-state index contributed by atoms with van der Waals surface area (Å²) in [5.74, 6) is -0.769. The molecule has 1 aliphatic heterocycles. The topological polar surface area (TPSA) is 72.9 Å². The molecule has 0 aliphatic carbocycles. The Morgan fingerprint density at radius 3 is 2.35 bits per heavy atom. The molecule has 2 rings (SSSR count). The number of likely N-dealkylation sites (N-methyl/N-ethyl adjacent to an activating group) is 1. The number of carbonyl (C=O) groups is 2. The number of piperidine rings is 1. The molecule has 1 unspecified atom stereocenters. The van der Waals surface area contributed by atoms with Crippen molar-refractivity contribution in [1.29, 1.82) is 0 Å². The molecule has 26 heavy (non-hydrogen) atoms. The quantitative estimate of drug-likeness (QED) is 0.781. The number of nitrogens with zero attached hydrogens (tertiary/aromatic N) is 2. The number of carboxylic acid groups (broad SMARTS) is 1. The number of aryl methyl sites for hydroxylation is 2. The Morgan fingerprint density at radius 1 is 1.27 bits per heavy atom.